The molecule has 5 heteroatoms. The van der Waals surface area contributed by atoms with Gasteiger partial charge in [0.2, 0.25) is 11.8 Å². The molecule has 0 radical (unpaired) electrons. The smallest absolute Gasteiger partial charge is 0.227 e. The van der Waals surface area contributed by atoms with Crippen LogP contribution in [0.15, 0.2) is 48.5 Å². The summed E-state index contributed by atoms with van der Waals surface area (Å²) < 4.78 is 5.14. The predicted octanol–water partition coefficient (Wildman–Crippen LogP) is 5.20. The maximum Gasteiger partial charge on any atom is 0.227 e. The number of anilines is 2. The molecule has 3 rings (SSSR count). The van der Waals surface area contributed by atoms with Crippen molar-refractivity contribution in [3.63, 3.8) is 0 Å². The number of nitrogens with one attached hydrogen (secondary N) is 2. The number of benzene rings is 2. The van der Waals surface area contributed by atoms with Crippen molar-refractivity contribution in [2.75, 3.05) is 17.7 Å². The highest BCUT2D eigenvalue weighted by Gasteiger charge is 2.30. The van der Waals surface area contributed by atoms with E-state index in [1.165, 1.54) is 0 Å². The van der Waals surface area contributed by atoms with Crippen molar-refractivity contribution >= 4 is 23.2 Å². The highest BCUT2D eigenvalue weighted by Crippen LogP contribution is 2.32. The van der Waals surface area contributed by atoms with E-state index in [-0.39, 0.29) is 23.7 Å². The van der Waals surface area contributed by atoms with Gasteiger partial charge in [0, 0.05) is 23.2 Å². The van der Waals surface area contributed by atoms with Gasteiger partial charge in [-0.25, -0.2) is 0 Å². The lowest BCUT2D eigenvalue weighted by Gasteiger charge is -2.27. The van der Waals surface area contributed by atoms with E-state index in [0.717, 1.165) is 48.4 Å². The number of carbonyl (C=O) groups is 2. The zero-order chi connectivity index (χ0) is 20.8. The number of amides is 2. The number of hydrogen-bond acceptors (Lipinski definition) is 3. The Bertz CT molecular complexity index is 837. The molecule has 0 spiro atoms. The molecule has 0 aromatic heterocycles. The monoisotopic (exact) mass is 394 g/mol. The molecule has 1 aliphatic carbocycles. The van der Waals surface area contributed by atoms with Crippen LogP contribution in [0.1, 0.15) is 51.0 Å². The number of rotatable bonds is 6. The molecular weight excluding hydrogens is 364 g/mol. The van der Waals surface area contributed by atoms with Crippen molar-refractivity contribution < 1.29 is 14.3 Å². The topological polar surface area (TPSA) is 67.4 Å². The van der Waals surface area contributed by atoms with Crippen molar-refractivity contribution in [1.82, 2.24) is 0 Å². The summed E-state index contributed by atoms with van der Waals surface area (Å²) in [4.78, 5) is 25.3. The molecule has 0 heterocycles. The van der Waals surface area contributed by atoms with Crippen LogP contribution in [0.3, 0.4) is 0 Å². The van der Waals surface area contributed by atoms with Crippen LogP contribution in [0, 0.1) is 11.8 Å². The quantitative estimate of drug-likeness (QED) is 0.707. The first-order valence-corrected chi connectivity index (χ1v) is 10.3. The maximum atomic E-state index is 12.7. The van der Waals surface area contributed by atoms with Crippen molar-refractivity contribution in [3.05, 3.63) is 54.1 Å². The first-order valence-electron chi connectivity index (χ1n) is 10.3. The Morgan fingerprint density at radius 2 is 1.41 bits per heavy atom. The molecule has 2 aromatic rings. The molecule has 2 amide bonds. The summed E-state index contributed by atoms with van der Waals surface area (Å²) in [5.74, 6) is 1.10. The molecule has 0 atom stereocenters. The molecule has 29 heavy (non-hydrogen) atoms. The standard InChI is InChI=1S/C24H30N2O3/c1-16(2)21-6-4-5-7-22(21)26-24(28)18-10-8-17(9-11-18)23(27)25-19-12-14-20(29-3)15-13-19/h4-7,12-18H,8-11H2,1-3H3,(H,25,27)(H,26,28). The van der Waals surface area contributed by atoms with Crippen LogP contribution in [0.25, 0.3) is 0 Å². The van der Waals surface area contributed by atoms with Crippen LogP contribution in [-0.4, -0.2) is 18.9 Å². The van der Waals surface area contributed by atoms with Gasteiger partial charge in [-0.3, -0.25) is 9.59 Å². The summed E-state index contributed by atoms with van der Waals surface area (Å²) in [6.07, 6.45) is 2.92. The van der Waals surface area contributed by atoms with E-state index in [0.29, 0.717) is 5.92 Å². The number of methoxy groups -OCH3 is 1. The summed E-state index contributed by atoms with van der Waals surface area (Å²) in [5, 5.41) is 6.08. The first kappa shape index (κ1) is 20.9. The minimum absolute atomic E-state index is 0.0270. The molecule has 1 fully saturated rings. The first-order chi connectivity index (χ1) is 14.0. The Balaban J connectivity index is 1.52. The van der Waals surface area contributed by atoms with Crippen LogP contribution in [0.5, 0.6) is 5.75 Å². The van der Waals surface area contributed by atoms with E-state index >= 15 is 0 Å². The highest BCUT2D eigenvalue weighted by atomic mass is 16.5. The summed E-state index contributed by atoms with van der Waals surface area (Å²) in [6.45, 7) is 4.25. The van der Waals surface area contributed by atoms with Crippen LogP contribution in [-0.2, 0) is 9.59 Å². The summed E-state index contributed by atoms with van der Waals surface area (Å²) >= 11 is 0. The Kier molecular flexibility index (Phi) is 6.91. The lowest BCUT2D eigenvalue weighted by Crippen LogP contribution is -2.32. The van der Waals surface area contributed by atoms with E-state index < -0.39 is 0 Å². The van der Waals surface area contributed by atoms with E-state index in [4.69, 9.17) is 4.74 Å². The summed E-state index contributed by atoms with van der Waals surface area (Å²) in [6, 6.07) is 15.3. The number of para-hydroxylation sites is 1. The minimum Gasteiger partial charge on any atom is -0.497 e. The van der Waals surface area contributed by atoms with E-state index in [9.17, 15) is 9.59 Å². The number of hydrogen-bond donors (Lipinski definition) is 2. The Labute approximate surface area is 172 Å². The normalized spacial score (nSPS) is 18.9. The van der Waals surface area contributed by atoms with Crippen molar-refractivity contribution in [2.24, 2.45) is 11.8 Å². The zero-order valence-electron chi connectivity index (χ0n) is 17.4. The molecule has 2 N–H and O–H groups in total. The third-order valence-corrected chi connectivity index (χ3v) is 5.67. The summed E-state index contributed by atoms with van der Waals surface area (Å²) in [7, 11) is 1.61. The zero-order valence-corrected chi connectivity index (χ0v) is 17.4. The highest BCUT2D eigenvalue weighted by molar-refractivity contribution is 5.95. The molecule has 5 nitrogen and oxygen atoms in total. The lowest BCUT2D eigenvalue weighted by molar-refractivity contribution is -0.125. The average molecular weight is 395 g/mol. The Morgan fingerprint density at radius 3 is 1.97 bits per heavy atom. The molecule has 2 aromatic carbocycles. The molecular formula is C24H30N2O3. The molecule has 0 aliphatic heterocycles. The largest absolute Gasteiger partial charge is 0.497 e. The van der Waals surface area contributed by atoms with Crippen LogP contribution >= 0.6 is 0 Å². The van der Waals surface area contributed by atoms with Gasteiger partial charge in [-0.15, -0.1) is 0 Å². The third kappa shape index (κ3) is 5.37. The SMILES string of the molecule is COc1ccc(NC(=O)C2CCC(C(=O)Nc3ccccc3C(C)C)CC2)cc1. The predicted molar refractivity (Wildman–Crippen MR) is 116 cm³/mol. The van der Waals surface area contributed by atoms with E-state index in [1.807, 2.05) is 42.5 Å². The van der Waals surface area contributed by atoms with E-state index in [1.54, 1.807) is 7.11 Å². The average Bonchev–Trinajstić information content (AvgIpc) is 2.74. The second-order valence-corrected chi connectivity index (χ2v) is 8.00. The fourth-order valence-electron chi connectivity index (χ4n) is 3.89. The molecule has 154 valence electrons. The number of ether oxygens (including phenoxy) is 1. The van der Waals surface area contributed by atoms with Gasteiger partial charge in [-0.1, -0.05) is 32.0 Å². The van der Waals surface area contributed by atoms with Crippen LogP contribution in [0.4, 0.5) is 11.4 Å². The Morgan fingerprint density at radius 1 is 0.862 bits per heavy atom. The van der Waals surface area contributed by atoms with Gasteiger partial charge in [0.1, 0.15) is 5.75 Å². The van der Waals surface area contributed by atoms with Crippen molar-refractivity contribution in [1.29, 1.82) is 0 Å². The molecule has 0 unspecified atom stereocenters. The Hall–Kier alpha value is -2.82. The van der Waals surface area contributed by atoms with Gasteiger partial charge < -0.3 is 15.4 Å². The second-order valence-electron chi connectivity index (χ2n) is 8.00. The third-order valence-electron chi connectivity index (χ3n) is 5.67. The molecule has 1 aliphatic rings. The van der Waals surface area contributed by atoms with Crippen molar-refractivity contribution in [3.8, 4) is 5.75 Å². The van der Waals surface area contributed by atoms with Gasteiger partial charge in [-0.2, -0.15) is 0 Å². The van der Waals surface area contributed by atoms with Gasteiger partial charge >= 0.3 is 0 Å². The van der Waals surface area contributed by atoms with Gasteiger partial charge in [0.25, 0.3) is 0 Å². The second kappa shape index (κ2) is 9.59. The maximum absolute atomic E-state index is 12.7. The van der Waals surface area contributed by atoms with Gasteiger partial charge in [-0.05, 0) is 67.5 Å². The number of carbonyl (C=O) groups excluding carboxylic acids is 2. The molecule has 0 bridgehead atoms. The van der Waals surface area contributed by atoms with Gasteiger partial charge in [0.05, 0.1) is 7.11 Å². The summed E-state index contributed by atoms with van der Waals surface area (Å²) in [5.41, 5.74) is 2.81. The fourth-order valence-corrected chi connectivity index (χ4v) is 3.89. The molecule has 0 saturated heterocycles. The fraction of sp³-hybridized carbons (Fsp3) is 0.417. The minimum atomic E-state index is -0.0518. The van der Waals surface area contributed by atoms with E-state index in [2.05, 4.69) is 30.5 Å². The lowest BCUT2D eigenvalue weighted by atomic mass is 9.81. The van der Waals surface area contributed by atoms with Gasteiger partial charge in [0.15, 0.2) is 0 Å². The van der Waals surface area contributed by atoms with Crippen LogP contribution < -0.4 is 15.4 Å². The van der Waals surface area contributed by atoms with Crippen LogP contribution in [0.2, 0.25) is 0 Å². The molecule has 1 saturated carbocycles. The van der Waals surface area contributed by atoms with Crippen molar-refractivity contribution in [2.45, 2.75) is 45.4 Å².